The summed E-state index contributed by atoms with van der Waals surface area (Å²) in [7, 11) is 0. The van der Waals surface area contributed by atoms with Gasteiger partial charge in [0.25, 0.3) is 5.91 Å². The molecular weight excluding hydrogens is 456 g/mol. The molecule has 0 saturated carbocycles. The molecule has 3 aromatic carbocycles. The largest absolute Gasteiger partial charge is 0.454 e. The van der Waals surface area contributed by atoms with E-state index in [1.165, 1.54) is 6.92 Å². The van der Waals surface area contributed by atoms with Gasteiger partial charge in [-0.2, -0.15) is 0 Å². The van der Waals surface area contributed by atoms with E-state index in [1.54, 1.807) is 62.4 Å². The number of benzene rings is 3. The molecule has 0 aliphatic carbocycles. The van der Waals surface area contributed by atoms with Crippen LogP contribution in [0.2, 0.25) is 0 Å². The Hall–Kier alpha value is -4.26. The van der Waals surface area contributed by atoms with Gasteiger partial charge in [-0.15, -0.1) is 0 Å². The first-order valence-corrected chi connectivity index (χ1v) is 11.8. The molecule has 2 amide bonds. The lowest BCUT2D eigenvalue weighted by Crippen LogP contribution is -2.32. The number of anilines is 1. The molecule has 0 unspecified atom stereocenters. The molecule has 0 aliphatic rings. The number of hydrogen-bond donors (Lipinski definition) is 2. The highest BCUT2D eigenvalue weighted by Crippen LogP contribution is 2.20. The van der Waals surface area contributed by atoms with Gasteiger partial charge in [0.1, 0.15) is 0 Å². The molecule has 3 rings (SSSR count). The van der Waals surface area contributed by atoms with E-state index in [4.69, 9.17) is 4.74 Å². The number of esters is 1. The van der Waals surface area contributed by atoms with Crippen LogP contribution in [0.4, 0.5) is 5.69 Å². The van der Waals surface area contributed by atoms with Crippen LogP contribution < -0.4 is 10.6 Å². The molecule has 0 spiro atoms. The van der Waals surface area contributed by atoms with Gasteiger partial charge in [0, 0.05) is 22.7 Å². The number of hydrogen-bond acceptors (Lipinski definition) is 5. The summed E-state index contributed by atoms with van der Waals surface area (Å²) in [5.74, 6) is -1.58. The van der Waals surface area contributed by atoms with Gasteiger partial charge in [-0.25, -0.2) is 0 Å². The predicted molar refractivity (Wildman–Crippen MR) is 138 cm³/mol. The van der Waals surface area contributed by atoms with Crippen molar-refractivity contribution in [2.24, 2.45) is 5.92 Å². The molecule has 7 heteroatoms. The maximum absolute atomic E-state index is 12.8. The second-order valence-corrected chi connectivity index (χ2v) is 8.72. The Labute approximate surface area is 210 Å². The summed E-state index contributed by atoms with van der Waals surface area (Å²) in [6, 6.07) is 23.6. The molecule has 186 valence electrons. The Balaban J connectivity index is 1.64. The fourth-order valence-corrected chi connectivity index (χ4v) is 3.47. The van der Waals surface area contributed by atoms with Crippen molar-refractivity contribution < 1.29 is 23.9 Å². The highest BCUT2D eigenvalue weighted by molar-refractivity contribution is 6.01. The van der Waals surface area contributed by atoms with Crippen molar-refractivity contribution >= 4 is 29.3 Å². The first kappa shape index (κ1) is 26.3. The number of carbonyl (C=O) groups excluding carboxylic acids is 4. The van der Waals surface area contributed by atoms with Gasteiger partial charge in [-0.05, 0) is 48.9 Å². The van der Waals surface area contributed by atoms with Crippen LogP contribution in [-0.4, -0.2) is 29.7 Å². The van der Waals surface area contributed by atoms with Gasteiger partial charge in [0.15, 0.2) is 6.10 Å². The Bertz CT molecular complexity index is 1190. The number of amides is 2. The lowest BCUT2D eigenvalue weighted by atomic mass is 10.0. The minimum Gasteiger partial charge on any atom is -0.454 e. The maximum Gasteiger partial charge on any atom is 0.308 e. The van der Waals surface area contributed by atoms with Gasteiger partial charge in [0.05, 0.1) is 12.5 Å². The fourth-order valence-electron chi connectivity index (χ4n) is 3.47. The Morgan fingerprint density at radius 3 is 1.92 bits per heavy atom. The molecule has 0 radical (unpaired) electrons. The second kappa shape index (κ2) is 12.4. The van der Waals surface area contributed by atoms with Crippen LogP contribution in [0.25, 0.3) is 0 Å². The van der Waals surface area contributed by atoms with Crippen molar-refractivity contribution in [2.75, 3.05) is 5.32 Å². The number of Topliss-reactive ketones (excluding diaryl/α,β-unsaturated/α-hetero) is 1. The smallest absolute Gasteiger partial charge is 0.308 e. The van der Waals surface area contributed by atoms with Crippen LogP contribution in [0.5, 0.6) is 0 Å². The zero-order valence-electron chi connectivity index (χ0n) is 20.6. The quantitative estimate of drug-likeness (QED) is 0.312. The van der Waals surface area contributed by atoms with Crippen LogP contribution in [0.3, 0.4) is 0 Å². The summed E-state index contributed by atoms with van der Waals surface area (Å²) in [5.41, 5.74) is 2.16. The summed E-state index contributed by atoms with van der Waals surface area (Å²) < 4.78 is 5.42. The molecule has 0 fully saturated rings. The Kier molecular flexibility index (Phi) is 9.11. The van der Waals surface area contributed by atoms with Crippen LogP contribution in [-0.2, 0) is 14.3 Å². The molecule has 0 bridgehead atoms. The minimum absolute atomic E-state index is 0.122. The lowest BCUT2D eigenvalue weighted by Gasteiger charge is -2.20. The SMILES string of the molecule is CC(C)C(=O)Nc1ccc(C(=O)[C@@H](C)OC(=O)C[C@H](NC(=O)c2ccccc2)c2ccccc2)cc1. The predicted octanol–water partition coefficient (Wildman–Crippen LogP) is 4.96. The summed E-state index contributed by atoms with van der Waals surface area (Å²) >= 11 is 0. The summed E-state index contributed by atoms with van der Waals surface area (Å²) in [4.78, 5) is 50.1. The van der Waals surface area contributed by atoms with E-state index in [2.05, 4.69) is 10.6 Å². The number of ketones is 1. The average molecular weight is 487 g/mol. The molecule has 7 nitrogen and oxygen atoms in total. The molecule has 0 aromatic heterocycles. The third-order valence-electron chi connectivity index (χ3n) is 5.55. The molecule has 0 saturated heterocycles. The van der Waals surface area contributed by atoms with Gasteiger partial charge in [-0.1, -0.05) is 62.4 Å². The zero-order chi connectivity index (χ0) is 26.1. The maximum atomic E-state index is 12.8. The third kappa shape index (κ3) is 7.37. The topological polar surface area (TPSA) is 102 Å². The van der Waals surface area contributed by atoms with E-state index >= 15 is 0 Å². The van der Waals surface area contributed by atoms with Crippen LogP contribution in [0.1, 0.15) is 59.5 Å². The lowest BCUT2D eigenvalue weighted by molar-refractivity contribution is -0.146. The Morgan fingerprint density at radius 2 is 1.33 bits per heavy atom. The van der Waals surface area contributed by atoms with Gasteiger partial charge >= 0.3 is 5.97 Å². The van der Waals surface area contributed by atoms with Crippen LogP contribution >= 0.6 is 0 Å². The summed E-state index contributed by atoms with van der Waals surface area (Å²) in [6.45, 7) is 5.09. The monoisotopic (exact) mass is 486 g/mol. The van der Waals surface area contributed by atoms with Crippen molar-refractivity contribution in [1.29, 1.82) is 0 Å². The molecule has 0 aliphatic heterocycles. The van der Waals surface area contributed by atoms with E-state index in [0.717, 1.165) is 5.56 Å². The molecule has 3 aromatic rings. The Morgan fingerprint density at radius 1 is 0.750 bits per heavy atom. The highest BCUT2D eigenvalue weighted by atomic mass is 16.5. The third-order valence-corrected chi connectivity index (χ3v) is 5.55. The zero-order valence-corrected chi connectivity index (χ0v) is 20.6. The van der Waals surface area contributed by atoms with E-state index < -0.39 is 18.1 Å². The van der Waals surface area contributed by atoms with Crippen molar-refractivity contribution in [1.82, 2.24) is 5.32 Å². The van der Waals surface area contributed by atoms with Gasteiger partial charge in [0.2, 0.25) is 11.7 Å². The number of rotatable bonds is 10. The first-order valence-electron chi connectivity index (χ1n) is 11.8. The number of ether oxygens (including phenoxy) is 1. The minimum atomic E-state index is -1.02. The number of carbonyl (C=O) groups is 4. The molecule has 2 atom stereocenters. The fraction of sp³-hybridized carbons (Fsp3) is 0.241. The van der Waals surface area contributed by atoms with E-state index in [9.17, 15) is 19.2 Å². The molecule has 36 heavy (non-hydrogen) atoms. The summed E-state index contributed by atoms with van der Waals surface area (Å²) in [5, 5.41) is 5.65. The normalized spacial score (nSPS) is 12.3. The van der Waals surface area contributed by atoms with Gasteiger partial charge in [-0.3, -0.25) is 19.2 Å². The standard InChI is InChI=1S/C29H30N2O5/c1-19(2)28(34)30-24-16-14-22(15-17-24)27(33)20(3)36-26(32)18-25(21-10-6-4-7-11-21)31-29(35)23-12-8-5-9-13-23/h4-17,19-20,25H,18H2,1-3H3,(H,30,34)(H,31,35)/t20-,25+/m1/s1. The van der Waals surface area contributed by atoms with E-state index in [-0.39, 0.29) is 29.9 Å². The van der Waals surface area contributed by atoms with Crippen molar-refractivity contribution in [2.45, 2.75) is 39.3 Å². The van der Waals surface area contributed by atoms with Crippen molar-refractivity contribution in [3.8, 4) is 0 Å². The average Bonchev–Trinajstić information content (AvgIpc) is 2.89. The van der Waals surface area contributed by atoms with Crippen molar-refractivity contribution in [3.05, 3.63) is 102 Å². The molecular formula is C29H30N2O5. The van der Waals surface area contributed by atoms with Crippen LogP contribution in [0.15, 0.2) is 84.9 Å². The van der Waals surface area contributed by atoms with E-state index in [0.29, 0.717) is 16.8 Å². The number of nitrogens with one attached hydrogen (secondary N) is 2. The summed E-state index contributed by atoms with van der Waals surface area (Å²) in [6.07, 6.45) is -1.16. The highest BCUT2D eigenvalue weighted by Gasteiger charge is 2.24. The first-order chi connectivity index (χ1) is 17.2. The van der Waals surface area contributed by atoms with E-state index in [1.807, 2.05) is 36.4 Å². The molecule has 0 heterocycles. The van der Waals surface area contributed by atoms with Crippen molar-refractivity contribution in [3.63, 3.8) is 0 Å². The van der Waals surface area contributed by atoms with Crippen LogP contribution in [0, 0.1) is 5.92 Å². The second-order valence-electron chi connectivity index (χ2n) is 8.72. The molecule has 2 N–H and O–H groups in total. The van der Waals surface area contributed by atoms with Gasteiger partial charge < -0.3 is 15.4 Å².